The lowest BCUT2D eigenvalue weighted by molar-refractivity contribution is -0.0235. The third-order valence-electron chi connectivity index (χ3n) is 5.66. The van der Waals surface area contributed by atoms with Crippen molar-refractivity contribution in [3.05, 3.63) is 52.7 Å². The molecule has 33 heavy (non-hydrogen) atoms. The molecule has 4 rings (SSSR count). The van der Waals surface area contributed by atoms with Crippen molar-refractivity contribution < 1.29 is 27.8 Å². The molecule has 0 spiro atoms. The number of nitrogens with zero attached hydrogens (tertiary/aromatic N) is 2. The first-order valence-corrected chi connectivity index (χ1v) is 10.5. The lowest BCUT2D eigenvalue weighted by Gasteiger charge is -2.32. The summed E-state index contributed by atoms with van der Waals surface area (Å²) in [7, 11) is 2.70. The second kappa shape index (κ2) is 9.14. The van der Waals surface area contributed by atoms with Gasteiger partial charge in [0.05, 0.1) is 48.7 Å². The van der Waals surface area contributed by atoms with Gasteiger partial charge in [0.1, 0.15) is 11.6 Å². The van der Waals surface area contributed by atoms with Crippen molar-refractivity contribution >= 4 is 23.0 Å². The number of morpholine rings is 1. The van der Waals surface area contributed by atoms with Crippen molar-refractivity contribution in [3.8, 4) is 11.3 Å². The molecule has 8 nitrogen and oxygen atoms in total. The first-order chi connectivity index (χ1) is 15.8. The second-order valence-electron chi connectivity index (χ2n) is 7.89. The van der Waals surface area contributed by atoms with Crippen molar-refractivity contribution in [1.29, 1.82) is 0 Å². The average molecular weight is 458 g/mol. The summed E-state index contributed by atoms with van der Waals surface area (Å²) in [6, 6.07) is 3.84. The first-order valence-electron chi connectivity index (χ1n) is 10.5. The second-order valence-corrected chi connectivity index (χ2v) is 7.89. The molecular formula is C23H24F2N4O4. The average Bonchev–Trinajstić information content (AvgIpc) is 3.14. The summed E-state index contributed by atoms with van der Waals surface area (Å²) in [5, 5.41) is 2.36. The predicted molar refractivity (Wildman–Crippen MR) is 117 cm³/mol. The number of carbonyl (C=O) groups excluding carboxylic acids is 2. The van der Waals surface area contributed by atoms with Crippen LogP contribution in [0.5, 0.6) is 0 Å². The number of benzene rings is 1. The molecule has 2 N–H and O–H groups in total. The quantitative estimate of drug-likeness (QED) is 0.626. The molecule has 0 radical (unpaired) electrons. The van der Waals surface area contributed by atoms with Crippen LogP contribution in [0.3, 0.4) is 0 Å². The molecule has 2 amide bonds. The Morgan fingerprint density at radius 2 is 2.03 bits per heavy atom. The molecule has 3 aromatic rings. The fourth-order valence-electron chi connectivity index (χ4n) is 4.10. The molecule has 2 aromatic heterocycles. The smallest absolute Gasteiger partial charge is 0.409 e. The predicted octanol–water partition coefficient (Wildman–Crippen LogP) is 3.19. The van der Waals surface area contributed by atoms with Crippen LogP contribution in [0.15, 0.2) is 24.4 Å². The summed E-state index contributed by atoms with van der Waals surface area (Å²) in [5.41, 5.74) is 2.44. The number of aryl methyl sites for hydroxylation is 1. The summed E-state index contributed by atoms with van der Waals surface area (Å²) in [4.78, 5) is 32.9. The van der Waals surface area contributed by atoms with E-state index in [1.807, 2.05) is 13.0 Å². The number of aromatic amines is 1. The van der Waals surface area contributed by atoms with E-state index in [1.54, 1.807) is 6.20 Å². The summed E-state index contributed by atoms with van der Waals surface area (Å²) in [6.07, 6.45) is 1.05. The Morgan fingerprint density at radius 3 is 2.70 bits per heavy atom. The van der Waals surface area contributed by atoms with Crippen molar-refractivity contribution in [3.63, 3.8) is 0 Å². The zero-order chi connectivity index (χ0) is 23.7. The maximum atomic E-state index is 15.1. The van der Waals surface area contributed by atoms with Crippen LogP contribution in [-0.2, 0) is 15.9 Å². The molecule has 0 aliphatic carbocycles. The van der Waals surface area contributed by atoms with E-state index in [-0.39, 0.29) is 29.8 Å². The zero-order valence-corrected chi connectivity index (χ0v) is 18.5. The van der Waals surface area contributed by atoms with Crippen LogP contribution < -0.4 is 5.32 Å². The van der Waals surface area contributed by atoms with Crippen LogP contribution in [0.25, 0.3) is 22.3 Å². The minimum atomic E-state index is -0.876. The van der Waals surface area contributed by atoms with Crippen LogP contribution in [0.1, 0.15) is 21.5 Å². The van der Waals surface area contributed by atoms with Crippen LogP contribution in [0.2, 0.25) is 0 Å². The van der Waals surface area contributed by atoms with E-state index in [9.17, 15) is 9.59 Å². The monoisotopic (exact) mass is 458 g/mol. The van der Waals surface area contributed by atoms with Crippen molar-refractivity contribution in [2.45, 2.75) is 19.4 Å². The van der Waals surface area contributed by atoms with E-state index >= 15 is 8.78 Å². The molecule has 1 fully saturated rings. The molecule has 0 bridgehead atoms. The Balaban J connectivity index is 1.79. The van der Waals surface area contributed by atoms with Gasteiger partial charge in [0.25, 0.3) is 5.91 Å². The van der Waals surface area contributed by atoms with E-state index in [1.165, 1.54) is 19.1 Å². The van der Waals surface area contributed by atoms with Gasteiger partial charge in [-0.05, 0) is 30.7 Å². The molecule has 1 atom stereocenters. The van der Waals surface area contributed by atoms with Gasteiger partial charge in [-0.15, -0.1) is 0 Å². The Morgan fingerprint density at radius 1 is 1.30 bits per heavy atom. The Bertz CT molecular complexity index is 1200. The van der Waals surface area contributed by atoms with Crippen LogP contribution in [-0.4, -0.2) is 66.8 Å². The van der Waals surface area contributed by atoms with E-state index in [0.29, 0.717) is 29.7 Å². The highest BCUT2D eigenvalue weighted by Gasteiger charge is 2.29. The summed E-state index contributed by atoms with van der Waals surface area (Å²) >= 11 is 0. The number of rotatable bonds is 4. The number of pyridine rings is 1. The highest BCUT2D eigenvalue weighted by Crippen LogP contribution is 2.35. The number of methoxy groups -OCH3 is 1. The van der Waals surface area contributed by atoms with Crippen LogP contribution in [0, 0.1) is 18.6 Å². The standard InChI is InChI=1S/C23H24F2N4O4/c1-12-6-18-20(27-10-12)15(9-14-11-29(4-5-33-14)23(31)32-3)21(28-18)19-16(24)7-13(8-17(19)25)22(30)26-2/h6-8,10,14,28H,4-5,9,11H2,1-3H3,(H,26,30)/t14-/m0/s1. The molecule has 174 valence electrons. The summed E-state index contributed by atoms with van der Waals surface area (Å²) in [6.45, 7) is 2.84. The van der Waals surface area contributed by atoms with Gasteiger partial charge in [-0.1, -0.05) is 0 Å². The van der Waals surface area contributed by atoms with Gasteiger partial charge in [0.15, 0.2) is 0 Å². The van der Waals surface area contributed by atoms with Gasteiger partial charge < -0.3 is 24.7 Å². The van der Waals surface area contributed by atoms with Crippen molar-refractivity contribution in [2.75, 3.05) is 33.9 Å². The molecule has 10 heteroatoms. The number of ether oxygens (including phenoxy) is 2. The Hall–Kier alpha value is -3.53. The Labute approximate surface area is 188 Å². The number of hydrogen-bond donors (Lipinski definition) is 2. The van der Waals surface area contributed by atoms with Gasteiger partial charge in [0.2, 0.25) is 0 Å². The largest absolute Gasteiger partial charge is 0.453 e. The van der Waals surface area contributed by atoms with Crippen molar-refractivity contribution in [2.24, 2.45) is 0 Å². The molecule has 0 saturated carbocycles. The van der Waals surface area contributed by atoms with E-state index in [0.717, 1.165) is 17.7 Å². The fraction of sp³-hybridized carbons (Fsp3) is 0.348. The zero-order valence-electron chi connectivity index (χ0n) is 18.5. The maximum Gasteiger partial charge on any atom is 0.409 e. The summed E-state index contributed by atoms with van der Waals surface area (Å²) < 4.78 is 40.9. The molecule has 1 aliphatic heterocycles. The minimum absolute atomic E-state index is 0.118. The number of fused-ring (bicyclic) bond motifs is 1. The molecular weight excluding hydrogens is 434 g/mol. The number of amides is 2. The van der Waals surface area contributed by atoms with Crippen molar-refractivity contribution in [1.82, 2.24) is 20.2 Å². The molecule has 0 unspecified atom stereocenters. The van der Waals surface area contributed by atoms with Crippen LogP contribution in [0.4, 0.5) is 13.6 Å². The van der Waals surface area contributed by atoms with Gasteiger partial charge in [-0.25, -0.2) is 13.6 Å². The lowest BCUT2D eigenvalue weighted by Crippen LogP contribution is -2.46. The molecule has 1 aromatic carbocycles. The molecule has 1 aliphatic rings. The third kappa shape index (κ3) is 4.38. The Kier molecular flexibility index (Phi) is 6.28. The highest BCUT2D eigenvalue weighted by molar-refractivity contribution is 5.95. The van der Waals surface area contributed by atoms with Gasteiger partial charge in [0, 0.05) is 37.3 Å². The highest BCUT2D eigenvalue weighted by atomic mass is 19.1. The number of aromatic nitrogens is 2. The van der Waals surface area contributed by atoms with Gasteiger partial charge in [-0.2, -0.15) is 0 Å². The number of H-pyrrole nitrogens is 1. The third-order valence-corrected chi connectivity index (χ3v) is 5.66. The first kappa shape index (κ1) is 22.7. The summed E-state index contributed by atoms with van der Waals surface area (Å²) in [5.74, 6) is -2.34. The normalized spacial score (nSPS) is 16.2. The topological polar surface area (TPSA) is 96.6 Å². The van der Waals surface area contributed by atoms with Gasteiger partial charge in [-0.3, -0.25) is 9.78 Å². The number of halogens is 2. The van der Waals surface area contributed by atoms with Gasteiger partial charge >= 0.3 is 6.09 Å². The number of hydrogen-bond acceptors (Lipinski definition) is 5. The van der Waals surface area contributed by atoms with E-state index in [2.05, 4.69) is 15.3 Å². The fourth-order valence-corrected chi connectivity index (χ4v) is 4.10. The van der Waals surface area contributed by atoms with E-state index in [4.69, 9.17) is 9.47 Å². The van der Waals surface area contributed by atoms with E-state index < -0.39 is 29.7 Å². The minimum Gasteiger partial charge on any atom is -0.453 e. The SMILES string of the molecule is CNC(=O)c1cc(F)c(-c2[nH]c3cc(C)cnc3c2C[C@H]2CN(C(=O)OC)CCO2)c(F)c1. The molecule has 1 saturated heterocycles. The number of carbonyl (C=O) groups is 2. The molecule has 3 heterocycles. The number of nitrogens with one attached hydrogen (secondary N) is 2. The maximum absolute atomic E-state index is 15.1. The lowest BCUT2D eigenvalue weighted by atomic mass is 9.99. The van der Waals surface area contributed by atoms with Crippen LogP contribution >= 0.6 is 0 Å².